The Labute approximate surface area is 355 Å². The molecule has 9 rings (SSSR count). The van der Waals surface area contributed by atoms with E-state index in [-0.39, 0.29) is 45.7 Å². The van der Waals surface area contributed by atoms with Crippen molar-refractivity contribution in [2.45, 2.75) is 151 Å². The SMILES string of the molecule is CC1([C@@H]2CC[C@]3(NCCN4CCN(C(=O)c5ccccc5)CC4)CC[C@]4(C)[C@H](CC[C@@H]5[C@@]6(C)CC[C@H](OC(=O)[C@H]7C[C@@H](C(=O)O)C7(C)C)C(C)(C)[C@@H]6CC[C@]54C)[C@@H]23)CC1. The van der Waals surface area contributed by atoms with Crippen molar-refractivity contribution in [2.75, 3.05) is 39.3 Å². The van der Waals surface area contributed by atoms with Gasteiger partial charge in [-0.1, -0.05) is 73.6 Å². The molecule has 59 heavy (non-hydrogen) atoms. The summed E-state index contributed by atoms with van der Waals surface area (Å²) in [6, 6.07) is 9.75. The fraction of sp³-hybridized carbons (Fsp3) is 0.824. The Morgan fingerprint density at radius 3 is 2.08 bits per heavy atom. The molecule has 7 saturated carbocycles. The van der Waals surface area contributed by atoms with E-state index in [0.717, 1.165) is 75.4 Å². The van der Waals surface area contributed by atoms with Gasteiger partial charge in [-0.05, 0) is 152 Å². The molecular weight excluding hydrogens is 735 g/mol. The molecule has 0 unspecified atom stereocenters. The van der Waals surface area contributed by atoms with Crippen molar-refractivity contribution in [3.63, 3.8) is 0 Å². The topological polar surface area (TPSA) is 99.2 Å². The van der Waals surface area contributed by atoms with Gasteiger partial charge in [-0.2, -0.15) is 0 Å². The Morgan fingerprint density at radius 1 is 0.712 bits per heavy atom. The Morgan fingerprint density at radius 2 is 1.42 bits per heavy atom. The number of nitrogens with zero attached hydrogens (tertiary/aromatic N) is 2. The van der Waals surface area contributed by atoms with E-state index < -0.39 is 17.3 Å². The van der Waals surface area contributed by atoms with Crippen LogP contribution < -0.4 is 5.32 Å². The van der Waals surface area contributed by atoms with E-state index in [9.17, 15) is 19.5 Å². The summed E-state index contributed by atoms with van der Waals surface area (Å²) < 4.78 is 6.49. The van der Waals surface area contributed by atoms with Gasteiger partial charge in [-0.25, -0.2) is 0 Å². The molecule has 12 atom stereocenters. The molecule has 1 amide bonds. The van der Waals surface area contributed by atoms with Gasteiger partial charge >= 0.3 is 11.9 Å². The van der Waals surface area contributed by atoms with Gasteiger partial charge in [-0.15, -0.1) is 0 Å². The zero-order valence-corrected chi connectivity index (χ0v) is 37.9. The summed E-state index contributed by atoms with van der Waals surface area (Å²) >= 11 is 0. The summed E-state index contributed by atoms with van der Waals surface area (Å²) in [6.45, 7) is 25.0. The fourth-order valence-electron chi connectivity index (χ4n) is 16.8. The zero-order chi connectivity index (χ0) is 42.0. The van der Waals surface area contributed by atoms with Gasteiger partial charge in [0.25, 0.3) is 5.91 Å². The first-order chi connectivity index (χ1) is 27.8. The van der Waals surface area contributed by atoms with E-state index in [0.29, 0.717) is 29.1 Å². The molecule has 0 aromatic heterocycles. The number of rotatable bonds is 9. The summed E-state index contributed by atoms with van der Waals surface area (Å²) in [4.78, 5) is 43.3. The van der Waals surface area contributed by atoms with Crippen LogP contribution in [0.4, 0.5) is 0 Å². The molecule has 1 saturated heterocycles. The number of hydrogen-bond donors (Lipinski definition) is 2. The molecule has 8 heteroatoms. The van der Waals surface area contributed by atoms with E-state index in [2.05, 4.69) is 51.8 Å². The third-order valence-corrected chi connectivity index (χ3v) is 21.0. The van der Waals surface area contributed by atoms with Crippen LogP contribution in [0.25, 0.3) is 0 Å². The van der Waals surface area contributed by atoms with Crippen LogP contribution >= 0.6 is 0 Å². The fourth-order valence-corrected chi connectivity index (χ4v) is 16.8. The first-order valence-electron chi connectivity index (χ1n) is 24.1. The number of carbonyl (C=O) groups excluding carboxylic acids is 2. The molecule has 8 nitrogen and oxygen atoms in total. The minimum Gasteiger partial charge on any atom is -0.481 e. The van der Waals surface area contributed by atoms with Gasteiger partial charge in [0, 0.05) is 55.8 Å². The van der Waals surface area contributed by atoms with E-state index in [1.54, 1.807) is 0 Å². The Balaban J connectivity index is 0.884. The van der Waals surface area contributed by atoms with Gasteiger partial charge in [0.1, 0.15) is 6.10 Å². The highest BCUT2D eigenvalue weighted by Crippen LogP contribution is 2.78. The highest BCUT2D eigenvalue weighted by molar-refractivity contribution is 5.94. The molecule has 0 spiro atoms. The van der Waals surface area contributed by atoms with Gasteiger partial charge in [-0.3, -0.25) is 19.3 Å². The molecule has 326 valence electrons. The largest absolute Gasteiger partial charge is 0.481 e. The minimum atomic E-state index is -0.799. The number of ether oxygens (including phenoxy) is 1. The molecule has 8 aliphatic rings. The Bertz CT molecular complexity index is 1800. The predicted octanol–water partition coefficient (Wildman–Crippen LogP) is 9.33. The minimum absolute atomic E-state index is 0.121. The van der Waals surface area contributed by atoms with Crippen molar-refractivity contribution in [3.05, 3.63) is 35.9 Å². The summed E-state index contributed by atoms with van der Waals surface area (Å²) in [5.74, 6) is 1.83. The van der Waals surface area contributed by atoms with Crippen LogP contribution in [-0.2, 0) is 14.3 Å². The first kappa shape index (κ1) is 41.9. The highest BCUT2D eigenvalue weighted by Gasteiger charge is 2.72. The summed E-state index contributed by atoms with van der Waals surface area (Å²) in [5, 5.41) is 14.1. The van der Waals surface area contributed by atoms with Crippen molar-refractivity contribution in [1.29, 1.82) is 0 Å². The summed E-state index contributed by atoms with van der Waals surface area (Å²) in [5.41, 5.74) is 1.64. The number of nitrogens with one attached hydrogen (secondary N) is 1. The second-order valence-corrected chi connectivity index (χ2v) is 23.9. The number of hydrogen-bond acceptors (Lipinski definition) is 6. The van der Waals surface area contributed by atoms with Crippen molar-refractivity contribution in [2.24, 2.45) is 73.9 Å². The summed E-state index contributed by atoms with van der Waals surface area (Å²) in [7, 11) is 0. The maximum absolute atomic E-state index is 13.7. The monoisotopic (exact) mass is 812 g/mol. The number of amides is 1. The lowest BCUT2D eigenvalue weighted by Crippen LogP contribution is -2.69. The Kier molecular flexibility index (Phi) is 10.1. The van der Waals surface area contributed by atoms with Crippen molar-refractivity contribution in [3.8, 4) is 0 Å². The lowest BCUT2D eigenvalue weighted by molar-refractivity contribution is -0.249. The molecule has 8 fully saturated rings. The van der Waals surface area contributed by atoms with Crippen LogP contribution in [0.3, 0.4) is 0 Å². The lowest BCUT2D eigenvalue weighted by Gasteiger charge is -2.73. The number of fused-ring (bicyclic) bond motifs is 7. The quantitative estimate of drug-likeness (QED) is 0.240. The average molecular weight is 812 g/mol. The molecule has 1 aromatic carbocycles. The number of esters is 1. The van der Waals surface area contributed by atoms with Gasteiger partial charge < -0.3 is 20.1 Å². The highest BCUT2D eigenvalue weighted by atomic mass is 16.5. The van der Waals surface area contributed by atoms with E-state index in [1.807, 2.05) is 49.1 Å². The van der Waals surface area contributed by atoms with Crippen molar-refractivity contribution < 1.29 is 24.2 Å². The standard InChI is InChI=1S/C51H77N3O5/c1-45(2)36(43(56)57)32-37(45)44(58)59-40-18-19-48(6)38(46(40,3)4)17-20-50(8)39(48)15-14-35-41-34(47(5)22-23-47)16-21-51(41,25-24-49(35,50)7)52-26-27-53-28-30-54(31-29-53)42(55)33-12-10-9-11-13-33/h9-13,34-41,52H,14-32H2,1-8H3,(H,56,57)/t34-,35-,36+,37-,38+,39-,40+,41-,48+,49-,50-,51+/m1/s1. The van der Waals surface area contributed by atoms with Crippen molar-refractivity contribution in [1.82, 2.24) is 15.1 Å². The number of piperazine rings is 1. The molecule has 0 bridgehead atoms. The smallest absolute Gasteiger partial charge is 0.309 e. The molecule has 1 aliphatic heterocycles. The lowest BCUT2D eigenvalue weighted by atomic mass is 9.32. The van der Waals surface area contributed by atoms with Gasteiger partial charge in [0.05, 0.1) is 11.8 Å². The number of carboxylic acid groups (broad SMARTS) is 1. The van der Waals surface area contributed by atoms with Gasteiger partial charge in [0.15, 0.2) is 0 Å². The molecule has 1 aromatic rings. The van der Waals surface area contributed by atoms with E-state index in [4.69, 9.17) is 4.74 Å². The maximum atomic E-state index is 13.7. The maximum Gasteiger partial charge on any atom is 0.309 e. The van der Waals surface area contributed by atoms with E-state index in [1.165, 1.54) is 64.2 Å². The van der Waals surface area contributed by atoms with Crippen molar-refractivity contribution >= 4 is 17.8 Å². The third kappa shape index (κ3) is 6.34. The van der Waals surface area contributed by atoms with E-state index >= 15 is 0 Å². The number of carbonyl (C=O) groups is 3. The van der Waals surface area contributed by atoms with Crippen LogP contribution in [0.5, 0.6) is 0 Å². The number of carboxylic acids is 1. The first-order valence-corrected chi connectivity index (χ1v) is 24.1. The third-order valence-electron chi connectivity index (χ3n) is 21.0. The average Bonchev–Trinajstić information content (AvgIpc) is 3.82. The van der Waals surface area contributed by atoms with Crippen LogP contribution in [0, 0.1) is 73.9 Å². The second kappa shape index (κ2) is 14.3. The number of aliphatic carboxylic acids is 1. The van der Waals surface area contributed by atoms with Crippen LogP contribution in [0.15, 0.2) is 30.3 Å². The Hall–Kier alpha value is -2.45. The zero-order valence-electron chi connectivity index (χ0n) is 37.9. The molecular formula is C51H77N3O5. The number of benzene rings is 1. The summed E-state index contributed by atoms with van der Waals surface area (Å²) in [6.07, 6.45) is 15.5. The van der Waals surface area contributed by atoms with Crippen LogP contribution in [0.2, 0.25) is 0 Å². The molecule has 2 N–H and O–H groups in total. The normalized spacial score (nSPS) is 44.2. The molecule has 0 radical (unpaired) electrons. The van der Waals surface area contributed by atoms with Crippen LogP contribution in [-0.4, -0.2) is 83.7 Å². The predicted molar refractivity (Wildman–Crippen MR) is 231 cm³/mol. The van der Waals surface area contributed by atoms with Crippen LogP contribution in [0.1, 0.15) is 149 Å². The molecule has 7 aliphatic carbocycles. The second-order valence-electron chi connectivity index (χ2n) is 23.9. The van der Waals surface area contributed by atoms with Gasteiger partial charge in [0.2, 0.25) is 0 Å². The molecule has 1 heterocycles.